The SMILES string of the molecule is Cn1c(-c2ccccc2)nc2c(N)nc(OCCCc3ccccc3)nc21. The van der Waals surface area contributed by atoms with Gasteiger partial charge in [-0.1, -0.05) is 60.7 Å². The van der Waals surface area contributed by atoms with Crippen molar-refractivity contribution in [1.82, 2.24) is 19.5 Å². The second-order valence-electron chi connectivity index (χ2n) is 6.36. The first-order valence-corrected chi connectivity index (χ1v) is 8.94. The summed E-state index contributed by atoms with van der Waals surface area (Å²) in [6, 6.07) is 20.6. The third kappa shape index (κ3) is 3.60. The second-order valence-corrected chi connectivity index (χ2v) is 6.36. The highest BCUT2D eigenvalue weighted by molar-refractivity contribution is 5.85. The lowest BCUT2D eigenvalue weighted by Crippen LogP contribution is -2.05. The van der Waals surface area contributed by atoms with E-state index in [4.69, 9.17) is 10.5 Å². The molecule has 4 aromatic rings. The first kappa shape index (κ1) is 17.0. The topological polar surface area (TPSA) is 78.9 Å². The second kappa shape index (κ2) is 7.45. The highest BCUT2D eigenvalue weighted by atomic mass is 16.5. The normalized spacial score (nSPS) is 11.0. The number of fused-ring (bicyclic) bond motifs is 1. The number of benzene rings is 2. The lowest BCUT2D eigenvalue weighted by Gasteiger charge is -2.06. The molecule has 0 saturated carbocycles. The van der Waals surface area contributed by atoms with Crippen LogP contribution in [0.5, 0.6) is 6.01 Å². The summed E-state index contributed by atoms with van der Waals surface area (Å²) in [5.74, 6) is 1.13. The van der Waals surface area contributed by atoms with E-state index in [1.807, 2.05) is 60.1 Å². The minimum absolute atomic E-state index is 0.288. The van der Waals surface area contributed by atoms with E-state index in [1.165, 1.54) is 5.56 Å². The fourth-order valence-electron chi connectivity index (χ4n) is 3.06. The van der Waals surface area contributed by atoms with Crippen molar-refractivity contribution in [3.8, 4) is 17.4 Å². The molecule has 0 aliphatic heterocycles. The molecule has 0 unspecified atom stereocenters. The van der Waals surface area contributed by atoms with Gasteiger partial charge in [0.25, 0.3) is 0 Å². The van der Waals surface area contributed by atoms with Crippen LogP contribution in [0.4, 0.5) is 5.82 Å². The van der Waals surface area contributed by atoms with E-state index < -0.39 is 0 Å². The number of nitrogens with zero attached hydrogens (tertiary/aromatic N) is 4. The molecule has 27 heavy (non-hydrogen) atoms. The standard InChI is InChI=1S/C21H21N5O/c1-26-19(16-12-6-3-7-13-16)23-17-18(22)24-21(25-20(17)26)27-14-8-11-15-9-4-2-5-10-15/h2-7,9-10,12-13H,8,11,14H2,1H3,(H2,22,24,25). The summed E-state index contributed by atoms with van der Waals surface area (Å²) in [6.07, 6.45) is 1.83. The van der Waals surface area contributed by atoms with Gasteiger partial charge in [-0.25, -0.2) is 4.98 Å². The quantitative estimate of drug-likeness (QED) is 0.532. The van der Waals surface area contributed by atoms with Crippen molar-refractivity contribution in [2.24, 2.45) is 7.05 Å². The molecule has 0 aliphatic carbocycles. The van der Waals surface area contributed by atoms with Gasteiger partial charge in [-0.05, 0) is 18.4 Å². The Kier molecular flexibility index (Phi) is 4.70. The van der Waals surface area contributed by atoms with Crippen LogP contribution in [0.25, 0.3) is 22.6 Å². The summed E-state index contributed by atoms with van der Waals surface area (Å²) >= 11 is 0. The van der Waals surface area contributed by atoms with Crippen molar-refractivity contribution in [2.45, 2.75) is 12.8 Å². The number of hydrogen-bond donors (Lipinski definition) is 1. The molecule has 0 spiro atoms. The van der Waals surface area contributed by atoms with Crippen LogP contribution in [0.2, 0.25) is 0 Å². The Morgan fingerprint density at radius 1 is 0.926 bits per heavy atom. The van der Waals surface area contributed by atoms with Crippen molar-refractivity contribution in [3.05, 3.63) is 66.2 Å². The number of nitrogens with two attached hydrogens (primary N) is 1. The highest BCUT2D eigenvalue weighted by Crippen LogP contribution is 2.26. The average Bonchev–Trinajstić information content (AvgIpc) is 3.04. The van der Waals surface area contributed by atoms with Gasteiger partial charge in [-0.2, -0.15) is 9.97 Å². The molecule has 0 aliphatic rings. The zero-order valence-corrected chi connectivity index (χ0v) is 15.2. The Morgan fingerprint density at radius 2 is 1.63 bits per heavy atom. The molecule has 136 valence electrons. The summed E-state index contributed by atoms with van der Waals surface area (Å²) in [6.45, 7) is 0.531. The van der Waals surface area contributed by atoms with Gasteiger partial charge < -0.3 is 15.0 Å². The van der Waals surface area contributed by atoms with Gasteiger partial charge in [0.2, 0.25) is 0 Å². The van der Waals surface area contributed by atoms with Crippen LogP contribution in [-0.4, -0.2) is 26.1 Å². The maximum absolute atomic E-state index is 6.11. The van der Waals surface area contributed by atoms with Crippen LogP contribution in [0.1, 0.15) is 12.0 Å². The lowest BCUT2D eigenvalue weighted by molar-refractivity contribution is 0.288. The molecular formula is C21H21N5O. The van der Waals surface area contributed by atoms with Crippen LogP contribution < -0.4 is 10.5 Å². The molecule has 0 amide bonds. The number of aryl methyl sites for hydroxylation is 2. The van der Waals surface area contributed by atoms with Crippen molar-refractivity contribution in [1.29, 1.82) is 0 Å². The first-order valence-electron chi connectivity index (χ1n) is 8.94. The summed E-state index contributed by atoms with van der Waals surface area (Å²) < 4.78 is 7.66. The van der Waals surface area contributed by atoms with E-state index in [0.29, 0.717) is 23.6 Å². The van der Waals surface area contributed by atoms with Crippen LogP contribution in [-0.2, 0) is 13.5 Å². The Balaban J connectivity index is 1.52. The number of nitrogen functional groups attached to an aromatic ring is 1. The third-order valence-corrected chi connectivity index (χ3v) is 4.44. The third-order valence-electron chi connectivity index (χ3n) is 4.44. The zero-order valence-electron chi connectivity index (χ0n) is 15.2. The molecule has 0 saturated heterocycles. The molecule has 4 rings (SSSR count). The molecule has 0 bridgehead atoms. The van der Waals surface area contributed by atoms with Gasteiger partial charge in [0.1, 0.15) is 5.82 Å². The van der Waals surface area contributed by atoms with E-state index in [2.05, 4.69) is 27.1 Å². The molecule has 0 radical (unpaired) electrons. The Labute approximate surface area is 157 Å². The van der Waals surface area contributed by atoms with E-state index in [1.54, 1.807) is 0 Å². The van der Waals surface area contributed by atoms with E-state index in [-0.39, 0.29) is 6.01 Å². The molecule has 2 aromatic carbocycles. The molecule has 0 atom stereocenters. The van der Waals surface area contributed by atoms with Crippen molar-refractivity contribution >= 4 is 17.0 Å². The molecule has 2 aromatic heterocycles. The Hall–Kier alpha value is -3.41. The summed E-state index contributed by atoms with van der Waals surface area (Å²) in [7, 11) is 1.92. The molecule has 2 N–H and O–H groups in total. The number of aromatic nitrogens is 4. The average molecular weight is 359 g/mol. The minimum atomic E-state index is 0.288. The summed E-state index contributed by atoms with van der Waals surface area (Å²) in [4.78, 5) is 13.4. The van der Waals surface area contributed by atoms with E-state index in [9.17, 15) is 0 Å². The molecule has 0 fully saturated rings. The van der Waals surface area contributed by atoms with Crippen molar-refractivity contribution < 1.29 is 4.74 Å². The largest absolute Gasteiger partial charge is 0.463 e. The van der Waals surface area contributed by atoms with Gasteiger partial charge >= 0.3 is 6.01 Å². The number of imidazole rings is 1. The molecule has 6 nitrogen and oxygen atoms in total. The smallest absolute Gasteiger partial charge is 0.320 e. The van der Waals surface area contributed by atoms with Crippen LogP contribution in [0.3, 0.4) is 0 Å². The fourth-order valence-corrected chi connectivity index (χ4v) is 3.06. The van der Waals surface area contributed by atoms with Crippen LogP contribution in [0, 0.1) is 0 Å². The molecule has 6 heteroatoms. The van der Waals surface area contributed by atoms with E-state index >= 15 is 0 Å². The predicted molar refractivity (Wildman–Crippen MR) is 106 cm³/mol. The van der Waals surface area contributed by atoms with Gasteiger partial charge in [0, 0.05) is 12.6 Å². The molecule has 2 heterocycles. The minimum Gasteiger partial charge on any atom is -0.463 e. The van der Waals surface area contributed by atoms with Gasteiger partial charge in [0.15, 0.2) is 17.0 Å². The van der Waals surface area contributed by atoms with Crippen molar-refractivity contribution in [2.75, 3.05) is 12.3 Å². The fraction of sp³-hybridized carbons (Fsp3) is 0.190. The maximum Gasteiger partial charge on any atom is 0.320 e. The number of rotatable bonds is 6. The monoisotopic (exact) mass is 359 g/mol. The summed E-state index contributed by atoms with van der Waals surface area (Å²) in [5, 5.41) is 0. The zero-order chi connectivity index (χ0) is 18.6. The highest BCUT2D eigenvalue weighted by Gasteiger charge is 2.16. The number of ether oxygens (including phenoxy) is 1. The van der Waals surface area contributed by atoms with Crippen LogP contribution >= 0.6 is 0 Å². The maximum atomic E-state index is 6.11. The Bertz CT molecular complexity index is 1040. The van der Waals surface area contributed by atoms with Gasteiger partial charge in [-0.15, -0.1) is 0 Å². The number of hydrogen-bond acceptors (Lipinski definition) is 5. The van der Waals surface area contributed by atoms with Crippen LogP contribution in [0.15, 0.2) is 60.7 Å². The summed E-state index contributed by atoms with van der Waals surface area (Å²) in [5.41, 5.74) is 9.65. The van der Waals surface area contributed by atoms with Gasteiger partial charge in [0.05, 0.1) is 6.61 Å². The number of anilines is 1. The molecular weight excluding hydrogens is 338 g/mol. The van der Waals surface area contributed by atoms with Crippen molar-refractivity contribution in [3.63, 3.8) is 0 Å². The van der Waals surface area contributed by atoms with E-state index in [0.717, 1.165) is 24.2 Å². The Morgan fingerprint density at radius 3 is 2.37 bits per heavy atom. The lowest BCUT2D eigenvalue weighted by atomic mass is 10.1. The first-order chi connectivity index (χ1) is 13.2. The predicted octanol–water partition coefficient (Wildman–Crippen LogP) is 3.62. The van der Waals surface area contributed by atoms with Gasteiger partial charge in [-0.3, -0.25) is 0 Å².